The van der Waals surface area contributed by atoms with Crippen LogP contribution < -0.4 is 11.1 Å². The number of hydrogen-bond acceptors (Lipinski definition) is 2. The molecule has 1 unspecified atom stereocenters. The minimum absolute atomic E-state index is 0.318. The third-order valence-corrected chi connectivity index (χ3v) is 3.98. The lowest BCUT2D eigenvalue weighted by Crippen LogP contribution is -2.34. The second-order valence-electron chi connectivity index (χ2n) is 4.70. The van der Waals surface area contributed by atoms with Crippen LogP contribution in [0.2, 0.25) is 0 Å². The van der Waals surface area contributed by atoms with E-state index in [1.165, 1.54) is 12.8 Å². The molecule has 3 nitrogen and oxygen atoms in total. The summed E-state index contributed by atoms with van der Waals surface area (Å²) < 4.78 is 1.01. The van der Waals surface area contributed by atoms with E-state index in [0.29, 0.717) is 0 Å². The number of primary amides is 1. The Balaban J connectivity index is 2.12. The number of aryl methyl sites for hydroxylation is 1. The molecular formula is C13H17BrN2O. The SMILES string of the molecule is Cc1ccc(C(NCC2CC2)C(N)=O)cc1Br. The Bertz CT molecular complexity index is 429. The van der Waals surface area contributed by atoms with Crippen LogP contribution in [0, 0.1) is 12.8 Å². The van der Waals surface area contributed by atoms with Crippen molar-refractivity contribution in [2.24, 2.45) is 11.7 Å². The highest BCUT2D eigenvalue weighted by Gasteiger charge is 2.24. The van der Waals surface area contributed by atoms with Crippen LogP contribution in [0.15, 0.2) is 22.7 Å². The molecule has 0 saturated heterocycles. The Morgan fingerprint density at radius 2 is 2.29 bits per heavy atom. The molecule has 1 amide bonds. The zero-order valence-electron chi connectivity index (χ0n) is 9.87. The van der Waals surface area contributed by atoms with Gasteiger partial charge in [0, 0.05) is 4.47 Å². The Kier molecular flexibility index (Phi) is 3.84. The zero-order chi connectivity index (χ0) is 12.4. The highest BCUT2D eigenvalue weighted by Crippen LogP contribution is 2.29. The normalized spacial score (nSPS) is 16.8. The van der Waals surface area contributed by atoms with Crippen LogP contribution in [0.5, 0.6) is 0 Å². The van der Waals surface area contributed by atoms with Crippen LogP contribution in [0.25, 0.3) is 0 Å². The van der Waals surface area contributed by atoms with E-state index in [1.807, 2.05) is 25.1 Å². The number of carbonyl (C=O) groups excluding carboxylic acids is 1. The summed E-state index contributed by atoms with van der Waals surface area (Å²) in [6.45, 7) is 2.89. The Labute approximate surface area is 110 Å². The van der Waals surface area contributed by atoms with Gasteiger partial charge in [0.1, 0.15) is 6.04 Å². The van der Waals surface area contributed by atoms with E-state index in [4.69, 9.17) is 5.73 Å². The molecule has 2 rings (SSSR count). The smallest absolute Gasteiger partial charge is 0.239 e. The molecule has 17 heavy (non-hydrogen) atoms. The van der Waals surface area contributed by atoms with Gasteiger partial charge >= 0.3 is 0 Å². The number of amides is 1. The van der Waals surface area contributed by atoms with Gasteiger partial charge in [-0.25, -0.2) is 0 Å². The molecule has 0 bridgehead atoms. The predicted octanol–water partition coefficient (Wildman–Crippen LogP) is 2.28. The van der Waals surface area contributed by atoms with Crippen molar-refractivity contribution in [2.45, 2.75) is 25.8 Å². The molecule has 1 atom stereocenters. The first-order valence-corrected chi connectivity index (χ1v) is 6.66. The summed E-state index contributed by atoms with van der Waals surface area (Å²) in [5.74, 6) is 0.409. The molecule has 1 aliphatic carbocycles. The van der Waals surface area contributed by atoms with E-state index in [1.54, 1.807) is 0 Å². The van der Waals surface area contributed by atoms with Crippen LogP contribution >= 0.6 is 15.9 Å². The van der Waals surface area contributed by atoms with Crippen molar-refractivity contribution >= 4 is 21.8 Å². The average Bonchev–Trinajstić information content (AvgIpc) is 3.07. The minimum atomic E-state index is -0.382. The standard InChI is InChI=1S/C13H17BrN2O/c1-8-2-5-10(6-11(8)14)12(13(15)17)16-7-9-3-4-9/h2,5-6,9,12,16H,3-4,7H2,1H3,(H2,15,17). The van der Waals surface area contributed by atoms with Gasteiger partial charge in [0.05, 0.1) is 0 Å². The van der Waals surface area contributed by atoms with Crippen molar-refractivity contribution in [3.8, 4) is 0 Å². The van der Waals surface area contributed by atoms with E-state index in [-0.39, 0.29) is 11.9 Å². The van der Waals surface area contributed by atoms with Gasteiger partial charge in [-0.2, -0.15) is 0 Å². The molecule has 0 aliphatic heterocycles. The zero-order valence-corrected chi connectivity index (χ0v) is 11.5. The number of nitrogens with one attached hydrogen (secondary N) is 1. The molecule has 3 N–H and O–H groups in total. The van der Waals surface area contributed by atoms with Crippen LogP contribution in [0.3, 0.4) is 0 Å². The lowest BCUT2D eigenvalue weighted by Gasteiger charge is -2.16. The summed E-state index contributed by atoms with van der Waals surface area (Å²) in [5.41, 5.74) is 7.53. The van der Waals surface area contributed by atoms with Gasteiger partial charge in [-0.05, 0) is 49.4 Å². The molecule has 1 aromatic carbocycles. The Morgan fingerprint density at radius 3 is 2.82 bits per heavy atom. The molecule has 0 spiro atoms. The highest BCUT2D eigenvalue weighted by molar-refractivity contribution is 9.10. The lowest BCUT2D eigenvalue weighted by atomic mass is 10.0. The number of nitrogens with two attached hydrogens (primary N) is 1. The summed E-state index contributed by atoms with van der Waals surface area (Å²) in [6, 6.07) is 5.53. The second kappa shape index (κ2) is 5.19. The van der Waals surface area contributed by atoms with Crippen molar-refractivity contribution in [3.05, 3.63) is 33.8 Å². The fourth-order valence-electron chi connectivity index (χ4n) is 1.78. The summed E-state index contributed by atoms with van der Waals surface area (Å²) in [6.07, 6.45) is 2.52. The highest BCUT2D eigenvalue weighted by atomic mass is 79.9. The minimum Gasteiger partial charge on any atom is -0.368 e. The van der Waals surface area contributed by atoms with Crippen molar-refractivity contribution < 1.29 is 4.79 Å². The van der Waals surface area contributed by atoms with Crippen LogP contribution in [-0.4, -0.2) is 12.5 Å². The van der Waals surface area contributed by atoms with Crippen LogP contribution in [-0.2, 0) is 4.79 Å². The van der Waals surface area contributed by atoms with Gasteiger partial charge in [0.25, 0.3) is 0 Å². The number of rotatable bonds is 5. The van der Waals surface area contributed by atoms with E-state index in [9.17, 15) is 4.79 Å². The fourth-order valence-corrected chi connectivity index (χ4v) is 2.17. The van der Waals surface area contributed by atoms with Crippen LogP contribution in [0.4, 0.5) is 0 Å². The number of benzene rings is 1. The van der Waals surface area contributed by atoms with E-state index in [0.717, 1.165) is 28.1 Å². The maximum absolute atomic E-state index is 11.5. The monoisotopic (exact) mass is 296 g/mol. The van der Waals surface area contributed by atoms with Crippen LogP contribution in [0.1, 0.15) is 30.0 Å². The fraction of sp³-hybridized carbons (Fsp3) is 0.462. The predicted molar refractivity (Wildman–Crippen MR) is 71.5 cm³/mol. The lowest BCUT2D eigenvalue weighted by molar-refractivity contribution is -0.120. The second-order valence-corrected chi connectivity index (χ2v) is 5.55. The summed E-state index contributed by atoms with van der Waals surface area (Å²) in [5, 5.41) is 3.25. The molecule has 1 saturated carbocycles. The van der Waals surface area contributed by atoms with Crippen molar-refractivity contribution in [1.29, 1.82) is 0 Å². The van der Waals surface area contributed by atoms with Crippen molar-refractivity contribution in [3.63, 3.8) is 0 Å². The Hall–Kier alpha value is -0.870. The topological polar surface area (TPSA) is 55.1 Å². The van der Waals surface area contributed by atoms with Gasteiger partial charge in [0.2, 0.25) is 5.91 Å². The van der Waals surface area contributed by atoms with Gasteiger partial charge in [-0.1, -0.05) is 28.1 Å². The molecule has 92 valence electrons. The largest absolute Gasteiger partial charge is 0.368 e. The van der Waals surface area contributed by atoms with Crippen molar-refractivity contribution in [2.75, 3.05) is 6.54 Å². The molecule has 0 aromatic heterocycles. The maximum atomic E-state index is 11.5. The summed E-state index contributed by atoms with van der Waals surface area (Å²) in [4.78, 5) is 11.5. The van der Waals surface area contributed by atoms with Gasteiger partial charge < -0.3 is 11.1 Å². The number of halogens is 1. The van der Waals surface area contributed by atoms with E-state index < -0.39 is 0 Å². The molecule has 1 aliphatic rings. The molecule has 4 heteroatoms. The van der Waals surface area contributed by atoms with E-state index >= 15 is 0 Å². The molecule has 1 fully saturated rings. The quantitative estimate of drug-likeness (QED) is 0.876. The number of hydrogen-bond donors (Lipinski definition) is 2. The molecule has 0 heterocycles. The average molecular weight is 297 g/mol. The first kappa shape index (κ1) is 12.6. The van der Waals surface area contributed by atoms with Crippen molar-refractivity contribution in [1.82, 2.24) is 5.32 Å². The van der Waals surface area contributed by atoms with E-state index in [2.05, 4.69) is 21.2 Å². The summed E-state index contributed by atoms with van der Waals surface area (Å²) in [7, 11) is 0. The third-order valence-electron chi connectivity index (χ3n) is 3.12. The van der Waals surface area contributed by atoms with Gasteiger partial charge in [-0.15, -0.1) is 0 Å². The molecule has 1 aromatic rings. The first-order valence-electron chi connectivity index (χ1n) is 5.86. The summed E-state index contributed by atoms with van der Waals surface area (Å²) >= 11 is 3.48. The maximum Gasteiger partial charge on any atom is 0.239 e. The number of carbonyl (C=O) groups is 1. The van der Waals surface area contributed by atoms with Gasteiger partial charge in [-0.3, -0.25) is 4.79 Å². The molecule has 0 radical (unpaired) electrons. The molecular weight excluding hydrogens is 280 g/mol. The first-order chi connectivity index (χ1) is 8.08. The third kappa shape index (κ3) is 3.30. The Morgan fingerprint density at radius 1 is 1.59 bits per heavy atom. The van der Waals surface area contributed by atoms with Gasteiger partial charge in [0.15, 0.2) is 0 Å².